The Balaban J connectivity index is 1.70. The number of phenols is 1. The number of carboxylic acid groups (broad SMARTS) is 1. The van der Waals surface area contributed by atoms with Gasteiger partial charge in [-0.25, -0.2) is 0 Å². The van der Waals surface area contributed by atoms with Gasteiger partial charge in [0.1, 0.15) is 5.75 Å². The molecule has 33 heavy (non-hydrogen) atoms. The number of carbonyl (C=O) groups is 1. The van der Waals surface area contributed by atoms with Crippen LogP contribution in [0.3, 0.4) is 0 Å². The molecule has 5 nitrogen and oxygen atoms in total. The first-order valence-corrected chi connectivity index (χ1v) is 11.2. The lowest BCUT2D eigenvalue weighted by Gasteiger charge is -2.45. The first-order chi connectivity index (χ1) is 16.1. The normalized spacial score (nSPS) is 20.0. The van der Waals surface area contributed by atoms with Crippen LogP contribution in [0, 0.1) is 5.92 Å². The molecule has 4 rings (SSSR count). The van der Waals surface area contributed by atoms with Crippen LogP contribution in [-0.4, -0.2) is 22.8 Å². The predicted molar refractivity (Wildman–Crippen MR) is 126 cm³/mol. The molecule has 1 saturated heterocycles. The monoisotopic (exact) mass is 444 g/mol. The minimum absolute atomic E-state index is 0.0556. The molecule has 0 aliphatic carbocycles. The molecule has 3 aromatic rings. The van der Waals surface area contributed by atoms with Crippen molar-refractivity contribution in [1.82, 2.24) is 0 Å². The highest BCUT2D eigenvalue weighted by Crippen LogP contribution is 2.48. The van der Waals surface area contributed by atoms with Crippen LogP contribution in [-0.2, 0) is 20.1 Å². The van der Waals surface area contributed by atoms with Crippen molar-refractivity contribution < 1.29 is 24.5 Å². The molecule has 2 atom stereocenters. The Labute approximate surface area is 193 Å². The van der Waals surface area contributed by atoms with E-state index >= 15 is 0 Å². The van der Waals surface area contributed by atoms with Crippen molar-refractivity contribution >= 4 is 5.97 Å². The number of allylic oxidation sites excluding steroid dienone is 2. The molecule has 0 radical (unpaired) electrons. The van der Waals surface area contributed by atoms with Crippen LogP contribution in [0.15, 0.2) is 97.1 Å². The third kappa shape index (κ3) is 5.16. The number of benzene rings is 3. The molecule has 1 fully saturated rings. The molecule has 0 saturated carbocycles. The molecule has 1 aliphatic rings. The number of hydrogen-bond acceptors (Lipinski definition) is 4. The molecule has 0 aromatic heterocycles. The Kier molecular flexibility index (Phi) is 7.23. The third-order valence-electron chi connectivity index (χ3n) is 5.90. The molecule has 0 bridgehead atoms. The Morgan fingerprint density at radius 2 is 1.52 bits per heavy atom. The zero-order valence-electron chi connectivity index (χ0n) is 18.3. The second-order valence-electron chi connectivity index (χ2n) is 8.16. The molecule has 2 N–H and O–H groups in total. The van der Waals surface area contributed by atoms with Gasteiger partial charge in [-0.05, 0) is 18.9 Å². The van der Waals surface area contributed by atoms with Gasteiger partial charge in [0.15, 0.2) is 0 Å². The second kappa shape index (κ2) is 10.5. The lowest BCUT2D eigenvalue weighted by molar-refractivity contribution is -0.301. The largest absolute Gasteiger partial charge is 0.508 e. The molecule has 0 spiro atoms. The number of ether oxygens (including phenoxy) is 2. The van der Waals surface area contributed by atoms with E-state index in [0.29, 0.717) is 25.0 Å². The summed E-state index contributed by atoms with van der Waals surface area (Å²) in [4.78, 5) is 10.8. The highest BCUT2D eigenvalue weighted by Gasteiger charge is 2.46. The Hall–Kier alpha value is -3.41. The second-order valence-corrected chi connectivity index (χ2v) is 8.16. The molecule has 5 heteroatoms. The van der Waals surface area contributed by atoms with E-state index < -0.39 is 17.9 Å². The standard InChI is InChI=1S/C28H28O5/c29-25-18-11-10-17-24(25)27-21(12-4-1-9-19-26(30)31)20-32-28(33-27,22-13-5-2-6-14-22)23-15-7-3-8-16-23/h1-8,10-11,13-18,21,27,29H,9,12,19-20H2,(H,30,31)/b4-1-. The van der Waals surface area contributed by atoms with Gasteiger partial charge >= 0.3 is 5.97 Å². The van der Waals surface area contributed by atoms with E-state index in [1.165, 1.54) is 0 Å². The van der Waals surface area contributed by atoms with E-state index in [1.54, 1.807) is 12.1 Å². The fourth-order valence-electron chi connectivity index (χ4n) is 4.24. The summed E-state index contributed by atoms with van der Waals surface area (Å²) in [7, 11) is 0. The van der Waals surface area contributed by atoms with Crippen LogP contribution < -0.4 is 0 Å². The predicted octanol–water partition coefficient (Wildman–Crippen LogP) is 5.81. The summed E-state index contributed by atoms with van der Waals surface area (Å²) in [5.74, 6) is -1.80. The number of phenolic OH excluding ortho intramolecular Hbond substituents is 1. The van der Waals surface area contributed by atoms with Gasteiger partial charge in [-0.15, -0.1) is 0 Å². The quantitative estimate of drug-likeness (QED) is 0.429. The lowest BCUT2D eigenvalue weighted by Crippen LogP contribution is -2.44. The summed E-state index contributed by atoms with van der Waals surface area (Å²) < 4.78 is 13.3. The van der Waals surface area contributed by atoms with Crippen LogP contribution in [0.5, 0.6) is 5.75 Å². The van der Waals surface area contributed by atoms with Crippen molar-refractivity contribution in [1.29, 1.82) is 0 Å². The number of carboxylic acids is 1. The Morgan fingerprint density at radius 3 is 2.12 bits per heavy atom. The van der Waals surface area contributed by atoms with E-state index in [2.05, 4.69) is 0 Å². The minimum atomic E-state index is -1.11. The first-order valence-electron chi connectivity index (χ1n) is 11.2. The summed E-state index contributed by atoms with van der Waals surface area (Å²) >= 11 is 0. The van der Waals surface area contributed by atoms with Crippen molar-refractivity contribution in [2.45, 2.75) is 31.2 Å². The van der Waals surface area contributed by atoms with Crippen molar-refractivity contribution in [3.63, 3.8) is 0 Å². The smallest absolute Gasteiger partial charge is 0.303 e. The minimum Gasteiger partial charge on any atom is -0.508 e. The molecular weight excluding hydrogens is 416 g/mol. The molecule has 1 heterocycles. The van der Waals surface area contributed by atoms with Crippen molar-refractivity contribution in [3.05, 3.63) is 114 Å². The average molecular weight is 445 g/mol. The zero-order valence-corrected chi connectivity index (χ0v) is 18.3. The first kappa shape index (κ1) is 22.8. The van der Waals surface area contributed by atoms with Gasteiger partial charge in [0.05, 0.1) is 12.7 Å². The number of aromatic hydroxyl groups is 1. The number of hydrogen-bond donors (Lipinski definition) is 2. The maximum absolute atomic E-state index is 10.8. The van der Waals surface area contributed by atoms with Gasteiger partial charge in [-0.1, -0.05) is 91.0 Å². The van der Waals surface area contributed by atoms with E-state index in [9.17, 15) is 9.90 Å². The van der Waals surface area contributed by atoms with Gasteiger partial charge in [-0.3, -0.25) is 4.79 Å². The van der Waals surface area contributed by atoms with Gasteiger partial charge in [-0.2, -0.15) is 0 Å². The van der Waals surface area contributed by atoms with Gasteiger partial charge in [0.25, 0.3) is 0 Å². The van der Waals surface area contributed by atoms with E-state index in [-0.39, 0.29) is 18.1 Å². The van der Waals surface area contributed by atoms with Gasteiger partial charge in [0.2, 0.25) is 5.79 Å². The van der Waals surface area contributed by atoms with Crippen molar-refractivity contribution in [2.75, 3.05) is 6.61 Å². The van der Waals surface area contributed by atoms with Crippen LogP contribution in [0.4, 0.5) is 0 Å². The summed E-state index contributed by atoms with van der Waals surface area (Å²) in [5.41, 5.74) is 2.47. The van der Waals surface area contributed by atoms with Gasteiger partial charge in [0, 0.05) is 29.0 Å². The topological polar surface area (TPSA) is 76.0 Å². The maximum Gasteiger partial charge on any atom is 0.303 e. The zero-order chi connectivity index (χ0) is 23.1. The molecular formula is C28H28O5. The molecule has 1 aliphatic heterocycles. The van der Waals surface area contributed by atoms with Crippen molar-refractivity contribution in [3.8, 4) is 5.75 Å². The van der Waals surface area contributed by atoms with Gasteiger partial charge < -0.3 is 19.7 Å². The Morgan fingerprint density at radius 1 is 0.909 bits per heavy atom. The molecule has 3 aromatic carbocycles. The summed E-state index contributed by atoms with van der Waals surface area (Å²) in [6.45, 7) is 0.409. The molecule has 0 amide bonds. The average Bonchev–Trinajstić information content (AvgIpc) is 2.85. The highest BCUT2D eigenvalue weighted by atomic mass is 16.7. The summed E-state index contributed by atoms with van der Waals surface area (Å²) in [6, 6.07) is 26.9. The fraction of sp³-hybridized carbons (Fsp3) is 0.250. The van der Waals surface area contributed by atoms with Crippen LogP contribution in [0.2, 0.25) is 0 Å². The maximum atomic E-state index is 10.8. The number of aliphatic carboxylic acids is 1. The van der Waals surface area contributed by atoms with E-state index in [1.807, 2.05) is 84.9 Å². The SMILES string of the molecule is O=C(O)CC/C=C\CC1COC(c2ccccc2)(c2ccccc2)OC1c1ccccc1O. The van der Waals surface area contributed by atoms with E-state index in [0.717, 1.165) is 11.1 Å². The summed E-state index contributed by atoms with van der Waals surface area (Å²) in [6.07, 6.45) is 4.64. The number of para-hydroxylation sites is 1. The van der Waals surface area contributed by atoms with E-state index in [4.69, 9.17) is 14.6 Å². The Bertz CT molecular complexity index is 1040. The highest BCUT2D eigenvalue weighted by molar-refractivity contribution is 5.66. The number of rotatable bonds is 8. The third-order valence-corrected chi connectivity index (χ3v) is 5.90. The van der Waals surface area contributed by atoms with Crippen LogP contribution in [0.1, 0.15) is 42.1 Å². The van der Waals surface area contributed by atoms with Crippen LogP contribution in [0.25, 0.3) is 0 Å². The summed E-state index contributed by atoms with van der Waals surface area (Å²) in [5, 5.41) is 19.5. The van der Waals surface area contributed by atoms with Crippen LogP contribution >= 0.6 is 0 Å². The molecule has 2 unspecified atom stereocenters. The lowest BCUT2D eigenvalue weighted by atomic mass is 9.88. The van der Waals surface area contributed by atoms with Crippen molar-refractivity contribution in [2.24, 2.45) is 5.92 Å². The fourth-order valence-corrected chi connectivity index (χ4v) is 4.24. The molecule has 170 valence electrons.